The number of benzene rings is 1. The fourth-order valence-corrected chi connectivity index (χ4v) is 4.51. The third-order valence-electron chi connectivity index (χ3n) is 4.19. The van der Waals surface area contributed by atoms with Crippen LogP contribution in [0.4, 0.5) is 11.6 Å². The predicted molar refractivity (Wildman–Crippen MR) is 107 cm³/mol. The minimum Gasteiger partial charge on any atom is -0.324 e. The first-order valence-electron chi connectivity index (χ1n) is 8.13. The zero-order valence-corrected chi connectivity index (χ0v) is 16.6. The Labute approximate surface area is 160 Å². The molecule has 0 aliphatic carbocycles. The molecule has 0 fully saturated rings. The Morgan fingerprint density at radius 1 is 1.19 bits per heavy atom. The van der Waals surface area contributed by atoms with E-state index in [0.717, 1.165) is 32.9 Å². The van der Waals surface area contributed by atoms with Gasteiger partial charge < -0.3 is 5.32 Å². The van der Waals surface area contributed by atoms with Gasteiger partial charge in [-0.2, -0.15) is 5.10 Å². The smallest absolute Gasteiger partial charge is 0.175 e. The number of thiophene rings is 1. The Kier molecular flexibility index (Phi) is 4.20. The molecular formula is C18H17N5O2S2. The van der Waals surface area contributed by atoms with Crippen molar-refractivity contribution in [3.8, 4) is 11.1 Å². The lowest BCUT2D eigenvalue weighted by Gasteiger charge is -2.09. The fourth-order valence-electron chi connectivity index (χ4n) is 2.93. The van der Waals surface area contributed by atoms with Crippen LogP contribution in [0.1, 0.15) is 5.69 Å². The van der Waals surface area contributed by atoms with Crippen molar-refractivity contribution in [2.75, 3.05) is 11.6 Å². The van der Waals surface area contributed by atoms with Crippen LogP contribution in [0.3, 0.4) is 0 Å². The second-order valence-corrected chi connectivity index (χ2v) is 9.15. The van der Waals surface area contributed by atoms with Gasteiger partial charge in [-0.1, -0.05) is 12.1 Å². The number of sulfone groups is 1. The first kappa shape index (κ1) is 17.6. The van der Waals surface area contributed by atoms with Gasteiger partial charge in [0.2, 0.25) is 0 Å². The molecule has 0 atom stereocenters. The van der Waals surface area contributed by atoms with Crippen LogP contribution in [0.25, 0.3) is 21.3 Å². The van der Waals surface area contributed by atoms with E-state index < -0.39 is 9.84 Å². The van der Waals surface area contributed by atoms with Gasteiger partial charge in [0.05, 0.1) is 16.0 Å². The number of nitrogens with one attached hydrogen (secondary N) is 1. The molecule has 1 aromatic carbocycles. The van der Waals surface area contributed by atoms with Crippen molar-refractivity contribution in [3.05, 3.63) is 47.7 Å². The van der Waals surface area contributed by atoms with Crippen LogP contribution < -0.4 is 5.32 Å². The summed E-state index contributed by atoms with van der Waals surface area (Å²) < 4.78 is 25.6. The van der Waals surface area contributed by atoms with Gasteiger partial charge in [-0.05, 0) is 24.6 Å². The van der Waals surface area contributed by atoms with Crippen molar-refractivity contribution in [2.45, 2.75) is 11.8 Å². The van der Waals surface area contributed by atoms with Crippen molar-refractivity contribution in [2.24, 2.45) is 7.05 Å². The zero-order valence-electron chi connectivity index (χ0n) is 15.0. The second kappa shape index (κ2) is 6.43. The van der Waals surface area contributed by atoms with Crippen molar-refractivity contribution < 1.29 is 8.42 Å². The van der Waals surface area contributed by atoms with E-state index >= 15 is 0 Å². The Bertz CT molecular complexity index is 1260. The first-order chi connectivity index (χ1) is 12.8. The number of hydrogen-bond donors (Lipinski definition) is 1. The van der Waals surface area contributed by atoms with Crippen LogP contribution in [-0.2, 0) is 16.9 Å². The molecule has 0 aliphatic heterocycles. The number of hydrogen-bond acceptors (Lipinski definition) is 7. The lowest BCUT2D eigenvalue weighted by molar-refractivity contribution is 0.602. The topological polar surface area (TPSA) is 89.8 Å². The Hall–Kier alpha value is -2.78. The average Bonchev–Trinajstić information content (AvgIpc) is 3.18. The molecule has 0 aliphatic rings. The molecule has 7 nitrogen and oxygen atoms in total. The maximum Gasteiger partial charge on any atom is 0.175 e. The largest absolute Gasteiger partial charge is 0.324 e. The molecule has 0 amide bonds. The molecule has 27 heavy (non-hydrogen) atoms. The van der Waals surface area contributed by atoms with E-state index in [4.69, 9.17) is 0 Å². The summed E-state index contributed by atoms with van der Waals surface area (Å²) >= 11 is 1.49. The summed E-state index contributed by atoms with van der Waals surface area (Å²) in [5.74, 6) is 1.47. The lowest BCUT2D eigenvalue weighted by Crippen LogP contribution is -2.01. The van der Waals surface area contributed by atoms with Gasteiger partial charge in [0.25, 0.3) is 0 Å². The van der Waals surface area contributed by atoms with Gasteiger partial charge in [-0.15, -0.1) is 11.3 Å². The van der Waals surface area contributed by atoms with Crippen LogP contribution >= 0.6 is 11.3 Å². The standard InChI is InChI=1S/C18H17N5O2S2/c1-11-7-15(23(2)22-11)21-17-16-14(9-26-18(16)20-10-19-17)12-5-4-6-13(8-12)27(3,24)25/h4-10H,1-3H3,(H,19,20,21). The van der Waals surface area contributed by atoms with E-state index in [0.29, 0.717) is 5.82 Å². The highest BCUT2D eigenvalue weighted by molar-refractivity contribution is 7.90. The highest BCUT2D eigenvalue weighted by Crippen LogP contribution is 2.38. The van der Waals surface area contributed by atoms with E-state index in [1.54, 1.807) is 22.9 Å². The molecule has 3 aromatic heterocycles. The maximum atomic E-state index is 11.9. The SMILES string of the molecule is Cc1cc(Nc2ncnc3scc(-c4cccc(S(C)(=O)=O)c4)c23)n(C)n1. The van der Waals surface area contributed by atoms with Crippen molar-refractivity contribution in [1.29, 1.82) is 0 Å². The summed E-state index contributed by atoms with van der Waals surface area (Å²) in [5, 5.41) is 10.5. The molecule has 0 radical (unpaired) electrons. The third-order valence-corrected chi connectivity index (χ3v) is 6.19. The molecule has 4 aromatic rings. The Morgan fingerprint density at radius 2 is 2.00 bits per heavy atom. The van der Waals surface area contributed by atoms with E-state index in [1.165, 1.54) is 23.9 Å². The van der Waals surface area contributed by atoms with Gasteiger partial charge in [0, 0.05) is 30.3 Å². The molecule has 9 heteroatoms. The zero-order chi connectivity index (χ0) is 19.2. The molecule has 1 N–H and O–H groups in total. The number of fused-ring (bicyclic) bond motifs is 1. The fraction of sp³-hybridized carbons (Fsp3) is 0.167. The van der Waals surface area contributed by atoms with Crippen LogP contribution in [0.15, 0.2) is 46.9 Å². The molecule has 0 bridgehead atoms. The molecule has 0 unspecified atom stereocenters. The lowest BCUT2D eigenvalue weighted by atomic mass is 10.1. The number of rotatable bonds is 4. The summed E-state index contributed by atoms with van der Waals surface area (Å²) in [4.78, 5) is 9.87. The normalized spacial score (nSPS) is 11.8. The number of nitrogens with zero attached hydrogens (tertiary/aromatic N) is 4. The summed E-state index contributed by atoms with van der Waals surface area (Å²) in [6.07, 6.45) is 2.72. The van der Waals surface area contributed by atoms with Gasteiger partial charge in [-0.25, -0.2) is 18.4 Å². The molecule has 138 valence electrons. The number of anilines is 2. The van der Waals surface area contributed by atoms with E-state index in [9.17, 15) is 8.42 Å². The van der Waals surface area contributed by atoms with Crippen molar-refractivity contribution >= 4 is 43.0 Å². The van der Waals surface area contributed by atoms with Crippen LogP contribution in [-0.4, -0.2) is 34.4 Å². The predicted octanol–water partition coefficient (Wildman–Crippen LogP) is 3.55. The second-order valence-electron chi connectivity index (χ2n) is 6.27. The van der Waals surface area contributed by atoms with Crippen LogP contribution in [0.2, 0.25) is 0 Å². The molecule has 4 rings (SSSR count). The van der Waals surface area contributed by atoms with E-state index in [1.807, 2.05) is 31.5 Å². The number of aromatic nitrogens is 4. The van der Waals surface area contributed by atoms with Gasteiger partial charge in [0.1, 0.15) is 22.8 Å². The summed E-state index contributed by atoms with van der Waals surface area (Å²) in [5.41, 5.74) is 2.60. The van der Waals surface area contributed by atoms with Crippen molar-refractivity contribution in [3.63, 3.8) is 0 Å². The minimum absolute atomic E-state index is 0.285. The maximum absolute atomic E-state index is 11.9. The van der Waals surface area contributed by atoms with Gasteiger partial charge >= 0.3 is 0 Å². The Balaban J connectivity index is 1.87. The molecule has 0 spiro atoms. The monoisotopic (exact) mass is 399 g/mol. The minimum atomic E-state index is -3.29. The average molecular weight is 400 g/mol. The van der Waals surface area contributed by atoms with E-state index in [-0.39, 0.29) is 4.90 Å². The molecule has 0 saturated heterocycles. The van der Waals surface area contributed by atoms with Gasteiger partial charge in [0.15, 0.2) is 9.84 Å². The molecule has 0 saturated carbocycles. The molecule has 3 heterocycles. The van der Waals surface area contributed by atoms with Crippen LogP contribution in [0.5, 0.6) is 0 Å². The van der Waals surface area contributed by atoms with Crippen molar-refractivity contribution in [1.82, 2.24) is 19.7 Å². The highest BCUT2D eigenvalue weighted by Gasteiger charge is 2.16. The highest BCUT2D eigenvalue weighted by atomic mass is 32.2. The summed E-state index contributed by atoms with van der Waals surface area (Å²) in [6, 6.07) is 8.85. The van der Waals surface area contributed by atoms with Crippen LogP contribution in [0, 0.1) is 6.92 Å². The summed E-state index contributed by atoms with van der Waals surface area (Å²) in [7, 11) is -1.43. The van der Waals surface area contributed by atoms with E-state index in [2.05, 4.69) is 20.4 Å². The molecular weight excluding hydrogens is 382 g/mol. The van der Waals surface area contributed by atoms with Gasteiger partial charge in [-0.3, -0.25) is 4.68 Å². The summed E-state index contributed by atoms with van der Waals surface area (Å²) in [6.45, 7) is 1.92. The Morgan fingerprint density at radius 3 is 2.70 bits per heavy atom. The number of aryl methyl sites for hydroxylation is 2. The first-order valence-corrected chi connectivity index (χ1v) is 10.9. The quantitative estimate of drug-likeness (QED) is 0.564. The third kappa shape index (κ3) is 3.31.